The molecule has 0 aliphatic carbocycles. The summed E-state index contributed by atoms with van der Waals surface area (Å²) < 4.78 is 10.7. The van der Waals surface area contributed by atoms with Crippen molar-refractivity contribution in [2.45, 2.75) is 24.0 Å². The van der Waals surface area contributed by atoms with Gasteiger partial charge in [-0.05, 0) is 62.4 Å². The first-order chi connectivity index (χ1) is 15.0. The van der Waals surface area contributed by atoms with Gasteiger partial charge in [0.25, 0.3) is 5.91 Å². The Bertz CT molecular complexity index is 1060. The Morgan fingerprint density at radius 1 is 1.13 bits per heavy atom. The Morgan fingerprint density at radius 2 is 1.84 bits per heavy atom. The van der Waals surface area contributed by atoms with E-state index in [0.29, 0.717) is 28.7 Å². The average molecular weight is 457 g/mol. The number of halogens is 1. The smallest absolute Gasteiger partial charge is 0.338 e. The van der Waals surface area contributed by atoms with Crippen LogP contribution in [0.25, 0.3) is 11.3 Å². The maximum absolute atomic E-state index is 12.2. The van der Waals surface area contributed by atoms with Gasteiger partial charge in [0.2, 0.25) is 0 Å². The van der Waals surface area contributed by atoms with E-state index in [0.717, 1.165) is 10.5 Å². The van der Waals surface area contributed by atoms with Crippen LogP contribution in [0.4, 0.5) is 0 Å². The highest BCUT2D eigenvalue weighted by Crippen LogP contribution is 2.25. The summed E-state index contributed by atoms with van der Waals surface area (Å²) in [5, 5.41) is 4.29. The molecule has 1 heterocycles. The number of hydrogen-bond acceptors (Lipinski definition) is 6. The molecule has 160 valence electrons. The van der Waals surface area contributed by atoms with Crippen LogP contribution in [-0.4, -0.2) is 29.9 Å². The first-order valence-corrected chi connectivity index (χ1v) is 10.8. The van der Waals surface area contributed by atoms with E-state index >= 15 is 0 Å². The fraction of sp³-hybridized carbons (Fsp3) is 0.174. The molecule has 3 rings (SSSR count). The normalized spacial score (nSPS) is 12.0. The molecular formula is C23H21ClN2O4S. The van der Waals surface area contributed by atoms with E-state index in [9.17, 15) is 9.59 Å². The second kappa shape index (κ2) is 10.8. The number of furan rings is 1. The van der Waals surface area contributed by atoms with Crippen molar-refractivity contribution < 1.29 is 18.7 Å². The van der Waals surface area contributed by atoms with E-state index in [-0.39, 0.29) is 17.1 Å². The number of rotatable bonds is 8. The standard InChI is InChI=1S/C23H21ClN2O4S/c1-3-29-23(28)17-6-4-16(5-7-17)21-13-10-19(30-21)14-25-26-22(27)15(2)31-20-11-8-18(24)9-12-20/h4-15H,3H2,1-2H3,(H,26,27)/b25-14+. The molecule has 0 fully saturated rings. The molecular weight excluding hydrogens is 436 g/mol. The number of ether oxygens (including phenoxy) is 1. The van der Waals surface area contributed by atoms with Gasteiger partial charge in [-0.1, -0.05) is 23.7 Å². The third kappa shape index (κ3) is 6.47. The van der Waals surface area contributed by atoms with E-state index in [4.69, 9.17) is 20.8 Å². The van der Waals surface area contributed by atoms with Gasteiger partial charge in [-0.15, -0.1) is 11.8 Å². The van der Waals surface area contributed by atoms with Crippen molar-refractivity contribution in [3.8, 4) is 11.3 Å². The van der Waals surface area contributed by atoms with E-state index in [2.05, 4.69) is 10.5 Å². The van der Waals surface area contributed by atoms with Crippen LogP contribution in [0.15, 0.2) is 75.1 Å². The fourth-order valence-electron chi connectivity index (χ4n) is 2.58. The molecule has 0 bridgehead atoms. The van der Waals surface area contributed by atoms with E-state index in [1.54, 1.807) is 62.4 Å². The molecule has 8 heteroatoms. The minimum Gasteiger partial charge on any atom is -0.462 e. The molecule has 31 heavy (non-hydrogen) atoms. The lowest BCUT2D eigenvalue weighted by Crippen LogP contribution is -2.26. The Kier molecular flexibility index (Phi) is 7.92. The molecule has 0 aliphatic heterocycles. The molecule has 0 saturated carbocycles. The van der Waals surface area contributed by atoms with Gasteiger partial charge in [0.1, 0.15) is 11.5 Å². The lowest BCUT2D eigenvalue weighted by molar-refractivity contribution is -0.120. The van der Waals surface area contributed by atoms with Crippen molar-refractivity contribution in [3.05, 3.63) is 77.0 Å². The van der Waals surface area contributed by atoms with Crippen LogP contribution in [0.5, 0.6) is 0 Å². The second-order valence-corrected chi connectivity index (χ2v) is 8.30. The number of hydrazone groups is 1. The number of amides is 1. The zero-order valence-corrected chi connectivity index (χ0v) is 18.6. The zero-order chi connectivity index (χ0) is 22.2. The first-order valence-electron chi connectivity index (χ1n) is 9.59. The number of nitrogens with zero attached hydrogens (tertiary/aromatic N) is 1. The maximum Gasteiger partial charge on any atom is 0.338 e. The summed E-state index contributed by atoms with van der Waals surface area (Å²) >= 11 is 7.29. The van der Waals surface area contributed by atoms with Crippen LogP contribution >= 0.6 is 23.4 Å². The summed E-state index contributed by atoms with van der Waals surface area (Å²) in [6.45, 7) is 3.89. The topological polar surface area (TPSA) is 80.9 Å². The van der Waals surface area contributed by atoms with Crippen LogP contribution in [-0.2, 0) is 9.53 Å². The van der Waals surface area contributed by atoms with E-state index in [1.807, 2.05) is 12.1 Å². The molecule has 1 N–H and O–H groups in total. The highest BCUT2D eigenvalue weighted by atomic mass is 35.5. The largest absolute Gasteiger partial charge is 0.462 e. The molecule has 1 unspecified atom stereocenters. The third-order valence-corrected chi connectivity index (χ3v) is 5.53. The number of carbonyl (C=O) groups excluding carboxylic acids is 2. The summed E-state index contributed by atoms with van der Waals surface area (Å²) in [4.78, 5) is 24.9. The lowest BCUT2D eigenvalue weighted by Gasteiger charge is -2.09. The monoisotopic (exact) mass is 456 g/mol. The molecule has 2 aromatic carbocycles. The van der Waals surface area contributed by atoms with E-state index in [1.165, 1.54) is 18.0 Å². The van der Waals surface area contributed by atoms with Gasteiger partial charge < -0.3 is 9.15 Å². The minimum absolute atomic E-state index is 0.225. The average Bonchev–Trinajstić information content (AvgIpc) is 3.24. The van der Waals surface area contributed by atoms with Crippen LogP contribution in [0.2, 0.25) is 5.02 Å². The number of benzene rings is 2. The molecule has 0 aliphatic rings. The number of carbonyl (C=O) groups is 2. The van der Waals surface area contributed by atoms with Crippen LogP contribution in [0.1, 0.15) is 30.0 Å². The van der Waals surface area contributed by atoms with Gasteiger partial charge in [-0.3, -0.25) is 4.79 Å². The van der Waals surface area contributed by atoms with Gasteiger partial charge in [0, 0.05) is 15.5 Å². The third-order valence-electron chi connectivity index (χ3n) is 4.17. The molecule has 1 aromatic heterocycles. The van der Waals surface area contributed by atoms with Crippen molar-refractivity contribution in [1.82, 2.24) is 5.43 Å². The van der Waals surface area contributed by atoms with Crippen molar-refractivity contribution >= 4 is 41.5 Å². The molecule has 6 nitrogen and oxygen atoms in total. The predicted octanol–water partition coefficient (Wildman–Crippen LogP) is 5.41. The summed E-state index contributed by atoms with van der Waals surface area (Å²) in [6, 6.07) is 17.8. The molecule has 0 radical (unpaired) electrons. The first kappa shape index (κ1) is 22.7. The number of esters is 1. The van der Waals surface area contributed by atoms with Gasteiger partial charge in [0.05, 0.1) is 23.6 Å². The Morgan fingerprint density at radius 3 is 2.52 bits per heavy atom. The van der Waals surface area contributed by atoms with Crippen molar-refractivity contribution in [2.24, 2.45) is 5.10 Å². The van der Waals surface area contributed by atoms with Gasteiger partial charge in [-0.2, -0.15) is 5.10 Å². The molecule has 0 saturated heterocycles. The van der Waals surface area contributed by atoms with Gasteiger partial charge >= 0.3 is 5.97 Å². The number of hydrogen-bond donors (Lipinski definition) is 1. The fourth-order valence-corrected chi connectivity index (χ4v) is 3.57. The van der Waals surface area contributed by atoms with Crippen LogP contribution in [0.3, 0.4) is 0 Å². The minimum atomic E-state index is -0.361. The molecule has 0 spiro atoms. The SMILES string of the molecule is CCOC(=O)c1ccc(-c2ccc(/C=N/NC(=O)C(C)Sc3ccc(Cl)cc3)o2)cc1. The zero-order valence-electron chi connectivity index (χ0n) is 17.0. The quantitative estimate of drug-likeness (QED) is 0.212. The van der Waals surface area contributed by atoms with Crippen LogP contribution < -0.4 is 5.43 Å². The van der Waals surface area contributed by atoms with Gasteiger partial charge in [-0.25, -0.2) is 10.2 Å². The Hall–Kier alpha value is -3.03. The molecule has 1 atom stereocenters. The number of thioether (sulfide) groups is 1. The molecule has 1 amide bonds. The predicted molar refractivity (Wildman–Crippen MR) is 123 cm³/mol. The Labute approximate surface area is 189 Å². The summed E-state index contributed by atoms with van der Waals surface area (Å²) in [5.74, 6) is 0.524. The second-order valence-electron chi connectivity index (χ2n) is 6.45. The summed E-state index contributed by atoms with van der Waals surface area (Å²) in [7, 11) is 0. The summed E-state index contributed by atoms with van der Waals surface area (Å²) in [6.07, 6.45) is 1.44. The lowest BCUT2D eigenvalue weighted by atomic mass is 10.1. The Balaban J connectivity index is 1.54. The molecule has 3 aromatic rings. The summed E-state index contributed by atoms with van der Waals surface area (Å²) in [5.41, 5.74) is 3.80. The van der Waals surface area contributed by atoms with Crippen molar-refractivity contribution in [2.75, 3.05) is 6.61 Å². The van der Waals surface area contributed by atoms with Crippen molar-refractivity contribution in [1.29, 1.82) is 0 Å². The van der Waals surface area contributed by atoms with Crippen LogP contribution in [0, 0.1) is 0 Å². The van der Waals surface area contributed by atoms with Gasteiger partial charge in [0.15, 0.2) is 0 Å². The number of nitrogens with one attached hydrogen (secondary N) is 1. The van der Waals surface area contributed by atoms with E-state index < -0.39 is 0 Å². The van der Waals surface area contributed by atoms with Crippen molar-refractivity contribution in [3.63, 3.8) is 0 Å². The highest BCUT2D eigenvalue weighted by molar-refractivity contribution is 8.00. The maximum atomic E-state index is 12.2. The highest BCUT2D eigenvalue weighted by Gasteiger charge is 2.14.